The highest BCUT2D eigenvalue weighted by molar-refractivity contribution is 7.99. The maximum atomic E-state index is 12.6. The first kappa shape index (κ1) is 31.0. The van der Waals surface area contributed by atoms with Crippen molar-refractivity contribution in [1.29, 1.82) is 0 Å². The first-order chi connectivity index (χ1) is 15.5. The molecule has 0 radical (unpaired) electrons. The second kappa shape index (κ2) is 17.5. The number of carboxylic acid groups (broad SMARTS) is 1. The lowest BCUT2D eigenvalue weighted by molar-refractivity contribution is -0.141. The SMILES string of the molecule is CC[C@H](C)C(NC(C)=O)C(=O)N[C@@H](CSCC=C(C)CCC=C(C)CCC=C(C)C)C(=O)O. The molecular weight excluding hydrogens is 436 g/mol. The van der Waals surface area contributed by atoms with Crippen LogP contribution in [0.4, 0.5) is 0 Å². The van der Waals surface area contributed by atoms with Crippen molar-refractivity contribution in [1.82, 2.24) is 10.6 Å². The predicted octanol–water partition coefficient (Wildman–Crippen LogP) is 5.26. The number of thioether (sulfide) groups is 1. The van der Waals surface area contributed by atoms with Gasteiger partial charge in [-0.1, -0.05) is 55.2 Å². The number of aliphatic carboxylic acids is 1. The van der Waals surface area contributed by atoms with E-state index in [1.165, 1.54) is 35.4 Å². The molecule has 0 saturated heterocycles. The lowest BCUT2D eigenvalue weighted by Gasteiger charge is -2.24. The van der Waals surface area contributed by atoms with Crippen molar-refractivity contribution < 1.29 is 19.5 Å². The average molecular weight is 481 g/mol. The molecule has 0 rings (SSSR count). The molecule has 0 bridgehead atoms. The van der Waals surface area contributed by atoms with Gasteiger partial charge in [0, 0.05) is 18.4 Å². The van der Waals surface area contributed by atoms with Crippen LogP contribution in [0.2, 0.25) is 0 Å². The van der Waals surface area contributed by atoms with E-state index in [-0.39, 0.29) is 17.6 Å². The summed E-state index contributed by atoms with van der Waals surface area (Å²) in [6.07, 6.45) is 11.5. The minimum Gasteiger partial charge on any atom is -0.480 e. The van der Waals surface area contributed by atoms with Gasteiger partial charge in [0.25, 0.3) is 0 Å². The first-order valence-corrected chi connectivity index (χ1v) is 13.0. The van der Waals surface area contributed by atoms with Gasteiger partial charge in [-0.3, -0.25) is 9.59 Å². The zero-order chi connectivity index (χ0) is 25.4. The Morgan fingerprint density at radius 2 is 1.48 bits per heavy atom. The smallest absolute Gasteiger partial charge is 0.327 e. The lowest BCUT2D eigenvalue weighted by atomic mass is 9.98. The highest BCUT2D eigenvalue weighted by Crippen LogP contribution is 2.14. The summed E-state index contributed by atoms with van der Waals surface area (Å²) in [7, 11) is 0. The van der Waals surface area contributed by atoms with Crippen LogP contribution in [0.1, 0.15) is 80.6 Å². The van der Waals surface area contributed by atoms with Gasteiger partial charge in [-0.05, 0) is 59.3 Å². The monoisotopic (exact) mass is 480 g/mol. The average Bonchev–Trinajstić information content (AvgIpc) is 2.72. The molecule has 0 aliphatic carbocycles. The number of rotatable bonds is 16. The molecule has 6 nitrogen and oxygen atoms in total. The molecule has 188 valence electrons. The number of hydrogen-bond acceptors (Lipinski definition) is 4. The minimum absolute atomic E-state index is 0.0912. The number of carbonyl (C=O) groups excluding carboxylic acids is 2. The van der Waals surface area contributed by atoms with E-state index in [1.807, 2.05) is 13.8 Å². The second-order valence-electron chi connectivity index (χ2n) is 8.96. The third kappa shape index (κ3) is 15.4. The maximum absolute atomic E-state index is 12.6. The van der Waals surface area contributed by atoms with Crippen molar-refractivity contribution in [2.45, 2.75) is 92.7 Å². The molecule has 2 amide bonds. The van der Waals surface area contributed by atoms with Crippen LogP contribution in [0.15, 0.2) is 34.9 Å². The molecule has 0 aromatic carbocycles. The van der Waals surface area contributed by atoms with Crippen LogP contribution in [0.3, 0.4) is 0 Å². The molecule has 0 aromatic rings. The van der Waals surface area contributed by atoms with Crippen LogP contribution >= 0.6 is 11.8 Å². The molecule has 0 saturated carbocycles. The number of allylic oxidation sites excluding steroid dienone is 5. The third-order valence-electron chi connectivity index (χ3n) is 5.43. The molecule has 7 heteroatoms. The van der Waals surface area contributed by atoms with Crippen LogP contribution in [0, 0.1) is 5.92 Å². The minimum atomic E-state index is -1.07. The van der Waals surface area contributed by atoms with Crippen molar-refractivity contribution >= 4 is 29.5 Å². The summed E-state index contributed by atoms with van der Waals surface area (Å²) >= 11 is 1.47. The zero-order valence-electron chi connectivity index (χ0n) is 21.5. The van der Waals surface area contributed by atoms with Crippen molar-refractivity contribution in [2.75, 3.05) is 11.5 Å². The topological polar surface area (TPSA) is 95.5 Å². The molecule has 0 aromatic heterocycles. The number of amides is 2. The van der Waals surface area contributed by atoms with Gasteiger partial charge >= 0.3 is 5.97 Å². The van der Waals surface area contributed by atoms with E-state index in [0.717, 1.165) is 25.7 Å². The van der Waals surface area contributed by atoms with E-state index in [9.17, 15) is 19.5 Å². The van der Waals surface area contributed by atoms with Crippen LogP contribution in [-0.2, 0) is 14.4 Å². The van der Waals surface area contributed by atoms with Gasteiger partial charge in [-0.25, -0.2) is 4.79 Å². The fourth-order valence-corrected chi connectivity index (χ4v) is 4.08. The largest absolute Gasteiger partial charge is 0.480 e. The normalized spacial score (nSPS) is 14.8. The molecule has 0 fully saturated rings. The van der Waals surface area contributed by atoms with Crippen molar-refractivity contribution in [3.05, 3.63) is 34.9 Å². The van der Waals surface area contributed by atoms with Gasteiger partial charge in [-0.2, -0.15) is 11.8 Å². The van der Waals surface area contributed by atoms with E-state index in [2.05, 4.69) is 56.6 Å². The summed E-state index contributed by atoms with van der Waals surface area (Å²) in [5.74, 6) is -0.972. The van der Waals surface area contributed by atoms with Crippen LogP contribution in [0.5, 0.6) is 0 Å². The van der Waals surface area contributed by atoms with Gasteiger partial charge in [-0.15, -0.1) is 0 Å². The van der Waals surface area contributed by atoms with Crippen molar-refractivity contribution in [3.63, 3.8) is 0 Å². The number of carbonyl (C=O) groups is 3. The first-order valence-electron chi connectivity index (χ1n) is 11.8. The Morgan fingerprint density at radius 3 is 2.00 bits per heavy atom. The second-order valence-corrected chi connectivity index (χ2v) is 10.0. The number of nitrogens with one attached hydrogen (secondary N) is 2. The molecule has 3 atom stereocenters. The summed E-state index contributed by atoms with van der Waals surface area (Å²) in [6, 6.07) is -1.73. The van der Waals surface area contributed by atoms with E-state index >= 15 is 0 Å². The Balaban J connectivity index is 4.58. The fraction of sp³-hybridized carbons (Fsp3) is 0.654. The number of carboxylic acids is 1. The predicted molar refractivity (Wildman–Crippen MR) is 139 cm³/mol. The van der Waals surface area contributed by atoms with Crippen molar-refractivity contribution in [2.24, 2.45) is 5.92 Å². The summed E-state index contributed by atoms with van der Waals surface area (Å²) in [5, 5.41) is 14.7. The van der Waals surface area contributed by atoms with Gasteiger partial charge in [0.1, 0.15) is 12.1 Å². The fourth-order valence-electron chi connectivity index (χ4n) is 3.08. The Hall–Kier alpha value is -2.02. The molecule has 0 aliphatic heterocycles. The van der Waals surface area contributed by atoms with E-state index in [0.29, 0.717) is 12.2 Å². The van der Waals surface area contributed by atoms with E-state index in [1.54, 1.807) is 0 Å². The van der Waals surface area contributed by atoms with Crippen LogP contribution in [0.25, 0.3) is 0 Å². The van der Waals surface area contributed by atoms with Crippen LogP contribution in [-0.4, -0.2) is 46.5 Å². The number of hydrogen-bond donors (Lipinski definition) is 3. The Bertz CT molecular complexity index is 724. The molecule has 0 heterocycles. The third-order valence-corrected chi connectivity index (χ3v) is 6.40. The van der Waals surface area contributed by atoms with E-state index in [4.69, 9.17) is 0 Å². The molecule has 1 unspecified atom stereocenters. The molecule has 0 aliphatic rings. The Kier molecular flexibility index (Phi) is 16.4. The zero-order valence-corrected chi connectivity index (χ0v) is 22.3. The molecule has 3 N–H and O–H groups in total. The van der Waals surface area contributed by atoms with E-state index < -0.39 is 24.0 Å². The maximum Gasteiger partial charge on any atom is 0.327 e. The highest BCUT2D eigenvalue weighted by atomic mass is 32.2. The highest BCUT2D eigenvalue weighted by Gasteiger charge is 2.28. The summed E-state index contributed by atoms with van der Waals surface area (Å²) in [6.45, 7) is 13.6. The molecule has 0 spiro atoms. The molecular formula is C26H44N2O4S. The summed E-state index contributed by atoms with van der Waals surface area (Å²) in [5.41, 5.74) is 4.03. The summed E-state index contributed by atoms with van der Waals surface area (Å²) < 4.78 is 0. The summed E-state index contributed by atoms with van der Waals surface area (Å²) in [4.78, 5) is 35.6. The van der Waals surface area contributed by atoms with Gasteiger partial charge in [0.15, 0.2) is 0 Å². The quantitative estimate of drug-likeness (QED) is 0.207. The Morgan fingerprint density at radius 1 is 0.909 bits per heavy atom. The van der Waals surface area contributed by atoms with Crippen molar-refractivity contribution in [3.8, 4) is 0 Å². The van der Waals surface area contributed by atoms with Crippen LogP contribution < -0.4 is 10.6 Å². The van der Waals surface area contributed by atoms with Gasteiger partial charge < -0.3 is 15.7 Å². The molecule has 33 heavy (non-hydrogen) atoms. The lowest BCUT2D eigenvalue weighted by Crippen LogP contribution is -2.54. The van der Waals surface area contributed by atoms with Gasteiger partial charge in [0.2, 0.25) is 11.8 Å². The Labute approximate surface area is 204 Å². The van der Waals surface area contributed by atoms with Gasteiger partial charge in [0.05, 0.1) is 0 Å². The standard InChI is InChI=1S/C26H44N2O4S/c1-8-21(6)24(27-22(7)29)25(30)28-23(26(31)32)17-33-16-15-20(5)14-10-13-19(4)12-9-11-18(2)3/h11,13,15,21,23-24H,8-10,12,14,16-17H2,1-7H3,(H,27,29)(H,28,30)(H,31,32)/t21-,23-,24?/m0/s1.